The lowest BCUT2D eigenvalue weighted by Gasteiger charge is -2.51. The summed E-state index contributed by atoms with van der Waals surface area (Å²) in [7, 11) is 0. The number of anilines is 1. The molecule has 100 valence electrons. The fraction of sp³-hybridized carbons (Fsp3) is 0.571. The third-order valence-electron chi connectivity index (χ3n) is 3.85. The Kier molecular flexibility index (Phi) is 3.23. The van der Waals surface area contributed by atoms with Gasteiger partial charge in [-0.2, -0.15) is 5.26 Å². The van der Waals surface area contributed by atoms with Gasteiger partial charge in [-0.15, -0.1) is 0 Å². The van der Waals surface area contributed by atoms with Crippen LogP contribution in [0.5, 0.6) is 0 Å². The molecule has 0 aromatic carbocycles. The molecule has 1 aliphatic carbocycles. The minimum Gasteiger partial charge on any atom is -0.368 e. The molecule has 1 saturated carbocycles. The van der Waals surface area contributed by atoms with Crippen LogP contribution in [0.25, 0.3) is 0 Å². The molecule has 0 N–H and O–H groups in total. The first-order chi connectivity index (χ1) is 9.11. The zero-order chi connectivity index (χ0) is 13.5. The summed E-state index contributed by atoms with van der Waals surface area (Å²) in [5.74, 6) is 0.756. The van der Waals surface area contributed by atoms with Crippen LogP contribution in [-0.4, -0.2) is 29.8 Å². The summed E-state index contributed by atoms with van der Waals surface area (Å²) in [6, 6.07) is 4.01. The van der Waals surface area contributed by atoms with Crippen molar-refractivity contribution >= 4 is 21.7 Å². The van der Waals surface area contributed by atoms with Gasteiger partial charge in [0, 0.05) is 10.7 Å². The van der Waals surface area contributed by atoms with Gasteiger partial charge >= 0.3 is 0 Å². The lowest BCUT2D eigenvalue weighted by atomic mass is 9.91. The molecule has 0 unspecified atom stereocenters. The van der Waals surface area contributed by atoms with Crippen molar-refractivity contribution in [3.05, 3.63) is 22.3 Å². The Balaban J connectivity index is 1.70. The van der Waals surface area contributed by atoms with E-state index < -0.39 is 0 Å². The monoisotopic (exact) mass is 321 g/mol. The fourth-order valence-corrected chi connectivity index (χ4v) is 3.03. The summed E-state index contributed by atoms with van der Waals surface area (Å²) in [6.45, 7) is 3.76. The van der Waals surface area contributed by atoms with Crippen LogP contribution in [0, 0.1) is 11.3 Å². The molecule has 2 fully saturated rings. The van der Waals surface area contributed by atoms with E-state index in [1.54, 1.807) is 12.3 Å². The van der Waals surface area contributed by atoms with E-state index in [2.05, 4.69) is 38.8 Å². The second-order valence-corrected chi connectivity index (χ2v) is 6.43. The first-order valence-electron chi connectivity index (χ1n) is 6.59. The first-order valence-corrected chi connectivity index (χ1v) is 7.38. The number of nitriles is 1. The van der Waals surface area contributed by atoms with Crippen molar-refractivity contribution in [2.24, 2.45) is 0 Å². The minimum absolute atomic E-state index is 0.0815. The van der Waals surface area contributed by atoms with Crippen LogP contribution in [-0.2, 0) is 4.74 Å². The van der Waals surface area contributed by atoms with Gasteiger partial charge in [-0.05, 0) is 48.2 Å². The van der Waals surface area contributed by atoms with Crippen LogP contribution < -0.4 is 4.90 Å². The zero-order valence-electron chi connectivity index (χ0n) is 10.9. The molecule has 2 aliphatic rings. The maximum Gasteiger partial charge on any atom is 0.147 e. The lowest BCUT2D eigenvalue weighted by molar-refractivity contribution is -0.124. The molecular formula is C14H16BrN3O. The third-order valence-corrected chi connectivity index (χ3v) is 4.51. The van der Waals surface area contributed by atoms with E-state index in [1.165, 1.54) is 19.3 Å². The number of nitrogens with zero attached hydrogens (tertiary/aromatic N) is 3. The average molecular weight is 322 g/mol. The zero-order valence-corrected chi connectivity index (χ0v) is 12.5. The van der Waals surface area contributed by atoms with E-state index >= 15 is 0 Å². The summed E-state index contributed by atoms with van der Waals surface area (Å²) >= 11 is 3.40. The van der Waals surface area contributed by atoms with Crippen molar-refractivity contribution in [3.8, 4) is 6.07 Å². The Morgan fingerprint density at radius 3 is 2.84 bits per heavy atom. The van der Waals surface area contributed by atoms with E-state index in [4.69, 9.17) is 4.74 Å². The maximum absolute atomic E-state index is 9.21. The molecule has 0 bridgehead atoms. The Morgan fingerprint density at radius 2 is 2.26 bits per heavy atom. The van der Waals surface area contributed by atoms with Crippen LogP contribution in [0.4, 0.5) is 5.82 Å². The number of rotatable bonds is 3. The largest absolute Gasteiger partial charge is 0.368 e. The van der Waals surface area contributed by atoms with E-state index in [1.807, 2.05) is 0 Å². The molecule has 0 radical (unpaired) electrons. The van der Waals surface area contributed by atoms with E-state index in [9.17, 15) is 5.26 Å². The number of pyridine rings is 1. The highest BCUT2D eigenvalue weighted by atomic mass is 79.9. The molecule has 1 aromatic heterocycles. The van der Waals surface area contributed by atoms with Crippen molar-refractivity contribution < 1.29 is 4.74 Å². The number of aromatic nitrogens is 1. The highest BCUT2D eigenvalue weighted by Gasteiger charge is 2.43. The second-order valence-electron chi connectivity index (χ2n) is 5.58. The van der Waals surface area contributed by atoms with Gasteiger partial charge in [-0.25, -0.2) is 4.98 Å². The predicted octanol–water partition coefficient (Wildman–Crippen LogP) is 2.86. The fourth-order valence-electron chi connectivity index (χ4n) is 2.65. The molecule has 1 aliphatic heterocycles. The van der Waals surface area contributed by atoms with E-state index in [0.717, 1.165) is 23.4 Å². The number of ether oxygens (including phenoxy) is 1. The summed E-state index contributed by atoms with van der Waals surface area (Å²) in [5, 5.41) is 9.21. The Morgan fingerprint density at radius 1 is 1.53 bits per heavy atom. The van der Waals surface area contributed by atoms with Crippen molar-refractivity contribution in [2.75, 3.05) is 18.0 Å². The molecule has 4 nitrogen and oxygen atoms in total. The normalized spacial score (nSPS) is 21.4. The van der Waals surface area contributed by atoms with Crippen molar-refractivity contribution in [1.82, 2.24) is 4.98 Å². The van der Waals surface area contributed by atoms with Crippen LogP contribution in [0.15, 0.2) is 16.7 Å². The van der Waals surface area contributed by atoms with Gasteiger partial charge in [0.25, 0.3) is 0 Å². The molecule has 19 heavy (non-hydrogen) atoms. The van der Waals surface area contributed by atoms with Crippen molar-refractivity contribution in [1.29, 1.82) is 5.26 Å². The topological polar surface area (TPSA) is 49.1 Å². The minimum atomic E-state index is -0.0815. The summed E-state index contributed by atoms with van der Waals surface area (Å²) in [5.41, 5.74) is 0.523. The smallest absolute Gasteiger partial charge is 0.147 e. The SMILES string of the molecule is CC1(OC2CCC2)CN(c2nccc(Br)c2C#N)C1. The molecule has 1 aromatic rings. The highest BCUT2D eigenvalue weighted by Crippen LogP contribution is 2.36. The second kappa shape index (κ2) is 4.77. The molecular weight excluding hydrogens is 306 g/mol. The van der Waals surface area contributed by atoms with E-state index in [-0.39, 0.29) is 5.60 Å². The molecule has 0 atom stereocenters. The Hall–Kier alpha value is -1.12. The average Bonchev–Trinajstić information content (AvgIpc) is 2.30. The van der Waals surface area contributed by atoms with Crippen LogP contribution in [0.3, 0.4) is 0 Å². The van der Waals surface area contributed by atoms with Crippen molar-refractivity contribution in [2.45, 2.75) is 37.9 Å². The summed E-state index contributed by atoms with van der Waals surface area (Å²) < 4.78 is 6.90. The van der Waals surface area contributed by atoms with Gasteiger partial charge in [0.05, 0.1) is 19.2 Å². The van der Waals surface area contributed by atoms with Gasteiger partial charge in [0.2, 0.25) is 0 Å². The van der Waals surface area contributed by atoms with Crippen molar-refractivity contribution in [3.63, 3.8) is 0 Å². The van der Waals surface area contributed by atoms with Crippen LogP contribution in [0.1, 0.15) is 31.7 Å². The summed E-state index contributed by atoms with van der Waals surface area (Å²) in [4.78, 5) is 6.44. The van der Waals surface area contributed by atoms with Gasteiger partial charge < -0.3 is 9.64 Å². The molecule has 2 heterocycles. The third kappa shape index (κ3) is 2.35. The molecule has 0 amide bonds. The van der Waals surface area contributed by atoms with Gasteiger partial charge in [0.15, 0.2) is 0 Å². The van der Waals surface area contributed by atoms with Crippen LogP contribution in [0.2, 0.25) is 0 Å². The Bertz CT molecular complexity index is 530. The number of halogens is 1. The Labute approximate surface area is 121 Å². The molecule has 3 rings (SSSR count). The standard InChI is InChI=1S/C14H16BrN3O/c1-14(19-10-3-2-4-10)8-18(9-14)13-11(7-16)12(15)5-6-17-13/h5-6,10H,2-4,8-9H2,1H3. The quantitative estimate of drug-likeness (QED) is 0.859. The van der Waals surface area contributed by atoms with Gasteiger partial charge in [0.1, 0.15) is 23.1 Å². The molecule has 1 saturated heterocycles. The molecule has 5 heteroatoms. The predicted molar refractivity (Wildman–Crippen MR) is 76.0 cm³/mol. The summed E-state index contributed by atoms with van der Waals surface area (Å²) in [6.07, 6.45) is 5.83. The van der Waals surface area contributed by atoms with Gasteiger partial charge in [-0.1, -0.05) is 0 Å². The van der Waals surface area contributed by atoms with E-state index in [0.29, 0.717) is 11.7 Å². The number of hydrogen-bond acceptors (Lipinski definition) is 4. The number of hydrogen-bond donors (Lipinski definition) is 0. The highest BCUT2D eigenvalue weighted by molar-refractivity contribution is 9.10. The van der Waals surface area contributed by atoms with Crippen LogP contribution >= 0.6 is 15.9 Å². The first kappa shape index (κ1) is 12.9. The maximum atomic E-state index is 9.21. The lowest BCUT2D eigenvalue weighted by Crippen LogP contribution is -2.63. The molecule has 0 spiro atoms. The van der Waals surface area contributed by atoms with Gasteiger partial charge in [-0.3, -0.25) is 0 Å².